The van der Waals surface area contributed by atoms with Crippen molar-refractivity contribution >= 4 is 47.2 Å². The molecule has 3 N–H and O–H groups in total. The van der Waals surface area contributed by atoms with Gasteiger partial charge in [0.05, 0.1) is 12.8 Å². The first kappa shape index (κ1) is 25.8. The summed E-state index contributed by atoms with van der Waals surface area (Å²) >= 11 is 0. The number of ether oxygens (including phenoxy) is 1. The van der Waals surface area contributed by atoms with E-state index in [2.05, 4.69) is 21.2 Å². The minimum absolute atomic E-state index is 0.205. The molecule has 38 heavy (non-hydrogen) atoms. The maximum absolute atomic E-state index is 12.9. The number of rotatable bonds is 7. The Morgan fingerprint density at radius 3 is 2.39 bits per heavy atom. The molecule has 1 atom stereocenters. The predicted molar refractivity (Wildman–Crippen MR) is 139 cm³/mol. The molecule has 192 valence electrons. The maximum Gasteiger partial charge on any atom is 0.335 e. The molecule has 1 aliphatic heterocycles. The molecule has 1 saturated heterocycles. The summed E-state index contributed by atoms with van der Waals surface area (Å²) in [6, 6.07) is 18.5. The van der Waals surface area contributed by atoms with Gasteiger partial charge in [0.1, 0.15) is 5.75 Å². The van der Waals surface area contributed by atoms with E-state index in [1.54, 1.807) is 42.5 Å². The molecule has 0 saturated carbocycles. The number of amides is 6. The number of hydrazone groups is 1. The average Bonchev–Trinajstić information content (AvgIpc) is 2.90. The van der Waals surface area contributed by atoms with E-state index in [1.165, 1.54) is 31.4 Å². The van der Waals surface area contributed by atoms with Crippen LogP contribution in [0.5, 0.6) is 5.75 Å². The lowest BCUT2D eigenvalue weighted by Crippen LogP contribution is -2.58. The first-order chi connectivity index (χ1) is 18.3. The molecule has 4 rings (SSSR count). The number of carbonyl (C=O) groups excluding carboxylic acids is 5. The maximum atomic E-state index is 12.9. The molecule has 11 heteroatoms. The van der Waals surface area contributed by atoms with Crippen molar-refractivity contribution in [3.63, 3.8) is 0 Å². The largest absolute Gasteiger partial charge is 0.497 e. The van der Waals surface area contributed by atoms with Crippen molar-refractivity contribution < 1.29 is 28.7 Å². The van der Waals surface area contributed by atoms with E-state index < -0.39 is 29.7 Å². The van der Waals surface area contributed by atoms with E-state index >= 15 is 0 Å². The summed E-state index contributed by atoms with van der Waals surface area (Å²) in [6.45, 7) is 1.89. The molecule has 6 amide bonds. The zero-order chi connectivity index (χ0) is 27.2. The second kappa shape index (κ2) is 11.2. The molecule has 3 aromatic rings. The summed E-state index contributed by atoms with van der Waals surface area (Å²) in [5.41, 5.74) is 4.63. The van der Waals surface area contributed by atoms with Gasteiger partial charge in [0.25, 0.3) is 17.7 Å². The van der Waals surface area contributed by atoms with Crippen LogP contribution in [0.4, 0.5) is 16.2 Å². The smallest absolute Gasteiger partial charge is 0.335 e. The molecule has 0 radical (unpaired) electrons. The van der Waals surface area contributed by atoms with Gasteiger partial charge in [-0.05, 0) is 55.5 Å². The topological polar surface area (TPSA) is 146 Å². The summed E-state index contributed by atoms with van der Waals surface area (Å²) in [6.07, 6.45) is 0.950. The SMILES string of the molecule is COc1cccc(N2C(=O)NC(=O)[C@@H](/C=N\NC(=O)c3ccc(NC(=O)c4cccc(C)c4)cc3)C2=O)c1. The summed E-state index contributed by atoms with van der Waals surface area (Å²) in [7, 11) is 1.44. The van der Waals surface area contributed by atoms with Crippen LogP contribution in [0.3, 0.4) is 0 Å². The fourth-order valence-corrected chi connectivity index (χ4v) is 3.65. The number of carbonyl (C=O) groups is 5. The van der Waals surface area contributed by atoms with E-state index in [0.717, 1.165) is 16.7 Å². The van der Waals surface area contributed by atoms with Crippen LogP contribution in [0.15, 0.2) is 77.9 Å². The number of barbiturate groups is 1. The Morgan fingerprint density at radius 2 is 1.68 bits per heavy atom. The Hall–Kier alpha value is -5.32. The number of hydrogen-bond donors (Lipinski definition) is 3. The first-order valence-corrected chi connectivity index (χ1v) is 11.4. The van der Waals surface area contributed by atoms with Crippen LogP contribution >= 0.6 is 0 Å². The Balaban J connectivity index is 1.39. The highest BCUT2D eigenvalue weighted by Crippen LogP contribution is 2.24. The molecule has 0 aliphatic carbocycles. The zero-order valence-electron chi connectivity index (χ0n) is 20.4. The third kappa shape index (κ3) is 5.73. The number of hydrogen-bond acceptors (Lipinski definition) is 7. The van der Waals surface area contributed by atoms with Crippen molar-refractivity contribution in [1.29, 1.82) is 0 Å². The minimum Gasteiger partial charge on any atom is -0.497 e. The van der Waals surface area contributed by atoms with Crippen LogP contribution in [0, 0.1) is 12.8 Å². The highest BCUT2D eigenvalue weighted by atomic mass is 16.5. The van der Waals surface area contributed by atoms with Crippen molar-refractivity contribution in [1.82, 2.24) is 10.7 Å². The van der Waals surface area contributed by atoms with Crippen molar-refractivity contribution in [2.75, 3.05) is 17.3 Å². The number of urea groups is 1. The second-order valence-electron chi connectivity index (χ2n) is 8.27. The molecule has 0 spiro atoms. The second-order valence-corrected chi connectivity index (χ2v) is 8.27. The third-order valence-corrected chi connectivity index (χ3v) is 5.59. The Kier molecular flexibility index (Phi) is 7.57. The molecule has 1 heterocycles. The number of aryl methyl sites for hydroxylation is 1. The van der Waals surface area contributed by atoms with Crippen molar-refractivity contribution in [2.45, 2.75) is 6.92 Å². The summed E-state index contributed by atoms with van der Waals surface area (Å²) in [5, 5.41) is 8.59. The Bertz CT molecular complexity index is 1450. The summed E-state index contributed by atoms with van der Waals surface area (Å²) < 4.78 is 5.12. The van der Waals surface area contributed by atoms with Gasteiger partial charge >= 0.3 is 6.03 Å². The van der Waals surface area contributed by atoms with Crippen LogP contribution in [-0.4, -0.2) is 43.0 Å². The summed E-state index contributed by atoms with van der Waals surface area (Å²) in [5.74, 6) is -3.63. The van der Waals surface area contributed by atoms with E-state index in [0.29, 0.717) is 17.0 Å². The highest BCUT2D eigenvalue weighted by Gasteiger charge is 2.40. The highest BCUT2D eigenvalue weighted by molar-refractivity contribution is 6.32. The average molecular weight is 514 g/mol. The molecular formula is C27H23N5O6. The van der Waals surface area contributed by atoms with Crippen molar-refractivity contribution in [3.05, 3.63) is 89.5 Å². The van der Waals surface area contributed by atoms with Crippen molar-refractivity contribution in [2.24, 2.45) is 11.0 Å². The molecule has 0 aromatic heterocycles. The van der Waals surface area contributed by atoms with Gasteiger partial charge in [-0.2, -0.15) is 5.10 Å². The zero-order valence-corrected chi connectivity index (χ0v) is 20.4. The lowest BCUT2D eigenvalue weighted by Gasteiger charge is -2.28. The number of methoxy groups -OCH3 is 1. The molecule has 1 fully saturated rings. The standard InChI is InChI=1S/C27H23N5O6/c1-16-5-3-6-18(13-16)23(33)29-19-11-9-17(10-12-19)24(34)31-28-15-22-25(35)30-27(37)32(26(22)36)20-7-4-8-21(14-20)38-2/h3-15,22H,1-2H3,(H,29,33)(H,31,34)(H,30,35,37)/b28-15-/t22-/m1/s1. The van der Waals surface area contributed by atoms with E-state index in [1.807, 2.05) is 13.0 Å². The quantitative estimate of drug-likeness (QED) is 0.252. The monoisotopic (exact) mass is 513 g/mol. The first-order valence-electron chi connectivity index (χ1n) is 11.4. The van der Waals surface area contributed by atoms with Crippen molar-refractivity contribution in [3.8, 4) is 5.75 Å². The normalized spacial score (nSPS) is 15.3. The van der Waals surface area contributed by atoms with Crippen LogP contribution in [0.25, 0.3) is 0 Å². The van der Waals surface area contributed by atoms with Gasteiger partial charge in [0.2, 0.25) is 5.91 Å². The minimum atomic E-state index is -1.45. The van der Waals surface area contributed by atoms with Crippen LogP contribution in [-0.2, 0) is 9.59 Å². The number of imide groups is 2. The third-order valence-electron chi connectivity index (χ3n) is 5.59. The van der Waals surface area contributed by atoms with Gasteiger partial charge in [-0.3, -0.25) is 24.5 Å². The Labute approximate surface area is 217 Å². The summed E-state index contributed by atoms with van der Waals surface area (Å²) in [4.78, 5) is 63.1. The molecule has 0 unspecified atom stereocenters. The van der Waals surface area contributed by atoms with Crippen LogP contribution in [0.2, 0.25) is 0 Å². The Morgan fingerprint density at radius 1 is 0.947 bits per heavy atom. The van der Waals surface area contributed by atoms with Gasteiger partial charge in [0.15, 0.2) is 5.92 Å². The molecule has 1 aliphatic rings. The molecule has 3 aromatic carbocycles. The van der Waals surface area contributed by atoms with Gasteiger partial charge in [0, 0.05) is 29.1 Å². The lowest BCUT2D eigenvalue weighted by molar-refractivity contribution is -0.131. The lowest BCUT2D eigenvalue weighted by atomic mass is 10.1. The van der Waals surface area contributed by atoms with Crippen LogP contribution in [0.1, 0.15) is 26.3 Å². The van der Waals surface area contributed by atoms with Gasteiger partial charge < -0.3 is 10.1 Å². The molecule has 11 nitrogen and oxygen atoms in total. The number of anilines is 2. The fourth-order valence-electron chi connectivity index (χ4n) is 3.65. The van der Waals surface area contributed by atoms with Gasteiger partial charge in [-0.1, -0.05) is 23.8 Å². The number of benzene rings is 3. The molecule has 0 bridgehead atoms. The van der Waals surface area contributed by atoms with Gasteiger partial charge in [-0.25, -0.2) is 15.1 Å². The van der Waals surface area contributed by atoms with Gasteiger partial charge in [-0.15, -0.1) is 0 Å². The van der Waals surface area contributed by atoms with Crippen LogP contribution < -0.4 is 25.7 Å². The fraction of sp³-hybridized carbons (Fsp3) is 0.111. The number of nitrogens with one attached hydrogen (secondary N) is 3. The van der Waals surface area contributed by atoms with E-state index in [4.69, 9.17) is 4.74 Å². The molecular weight excluding hydrogens is 490 g/mol. The van der Waals surface area contributed by atoms with E-state index in [9.17, 15) is 24.0 Å². The predicted octanol–water partition coefficient (Wildman–Crippen LogP) is 2.87. The van der Waals surface area contributed by atoms with E-state index in [-0.39, 0.29) is 17.2 Å². The number of nitrogens with zero attached hydrogens (tertiary/aromatic N) is 2.